The molecule has 2 atom stereocenters. The van der Waals surface area contributed by atoms with Crippen LogP contribution in [0, 0.1) is 0 Å². The van der Waals surface area contributed by atoms with Crippen LogP contribution in [-0.4, -0.2) is 26.9 Å². The molecule has 2 rings (SSSR count). The largest absolute Gasteiger partial charge is 1.00 e. The number of nitrogens with one attached hydrogen (secondary N) is 1. The van der Waals surface area contributed by atoms with Crippen LogP contribution in [0.25, 0.3) is 5.14 Å². The van der Waals surface area contributed by atoms with Crippen molar-refractivity contribution in [2.24, 2.45) is 0 Å². The van der Waals surface area contributed by atoms with Gasteiger partial charge in [0.05, 0.1) is 6.61 Å². The summed E-state index contributed by atoms with van der Waals surface area (Å²) in [6.07, 6.45) is -1.22. The Morgan fingerprint density at radius 2 is 1.95 bits per heavy atom. The fourth-order valence-corrected chi connectivity index (χ4v) is 2.64. The van der Waals surface area contributed by atoms with Gasteiger partial charge >= 0.3 is 29.6 Å². The Morgan fingerprint density at radius 1 is 1.33 bits per heavy atom. The predicted octanol–water partition coefficient (Wildman–Crippen LogP) is -0.150. The Kier molecular flexibility index (Phi) is 6.68. The van der Waals surface area contributed by atoms with E-state index in [4.69, 9.17) is 26.2 Å². The molecule has 1 aromatic rings. The Balaban J connectivity index is 0.00000220. The molecule has 1 N–H and O–H groups in total. The maximum Gasteiger partial charge on any atom is 1.00 e. The van der Waals surface area contributed by atoms with E-state index in [1.54, 1.807) is 38.1 Å². The second kappa shape index (κ2) is 7.25. The molecule has 0 aliphatic carbocycles. The van der Waals surface area contributed by atoms with Gasteiger partial charge in [-0.3, -0.25) is 4.18 Å². The van der Waals surface area contributed by atoms with E-state index >= 15 is 0 Å². The SMILES string of the molecule is CC1(C)O[C@@H](COS([NH-])(=O)=O)[C@H](c2ccccc2Cl)O1.[Na+]. The first-order valence-electron chi connectivity index (χ1n) is 5.92. The van der Waals surface area contributed by atoms with E-state index in [1.165, 1.54) is 0 Å². The van der Waals surface area contributed by atoms with Gasteiger partial charge in [0.1, 0.15) is 12.2 Å². The van der Waals surface area contributed by atoms with Crippen molar-refractivity contribution in [2.45, 2.75) is 31.8 Å². The summed E-state index contributed by atoms with van der Waals surface area (Å²) in [4.78, 5) is 0. The van der Waals surface area contributed by atoms with Crippen molar-refractivity contribution in [1.29, 1.82) is 0 Å². The molecular weight excluding hydrogens is 329 g/mol. The molecule has 0 aromatic heterocycles. The zero-order valence-electron chi connectivity index (χ0n) is 12.0. The van der Waals surface area contributed by atoms with Gasteiger partial charge in [-0.2, -0.15) is 0 Å². The van der Waals surface area contributed by atoms with Crippen LogP contribution in [0.5, 0.6) is 0 Å². The monoisotopic (exact) mass is 343 g/mol. The van der Waals surface area contributed by atoms with Gasteiger partial charge in [0.2, 0.25) is 0 Å². The molecule has 0 saturated carbocycles. The Hall–Kier alpha value is 0.300. The molecule has 1 saturated heterocycles. The second-order valence-corrected chi connectivity index (χ2v) is 6.41. The third kappa shape index (κ3) is 5.46. The number of ether oxygens (including phenoxy) is 2. The average molecular weight is 344 g/mol. The first kappa shape index (κ1) is 19.3. The molecule has 6 nitrogen and oxygen atoms in total. The summed E-state index contributed by atoms with van der Waals surface area (Å²) in [5.41, 5.74) is 0.690. The summed E-state index contributed by atoms with van der Waals surface area (Å²) in [5, 5.41) is 7.23. The van der Waals surface area contributed by atoms with Gasteiger partial charge in [0, 0.05) is 10.6 Å². The van der Waals surface area contributed by atoms with Gasteiger partial charge in [0.15, 0.2) is 16.1 Å². The van der Waals surface area contributed by atoms with E-state index in [9.17, 15) is 8.42 Å². The van der Waals surface area contributed by atoms with E-state index in [1.807, 2.05) is 0 Å². The number of halogens is 1. The number of benzene rings is 1. The van der Waals surface area contributed by atoms with E-state index in [2.05, 4.69) is 4.18 Å². The first-order chi connectivity index (χ1) is 9.18. The quantitative estimate of drug-likeness (QED) is 0.710. The van der Waals surface area contributed by atoms with E-state index in [-0.39, 0.29) is 36.2 Å². The molecule has 1 aliphatic heterocycles. The predicted molar refractivity (Wildman–Crippen MR) is 73.4 cm³/mol. The zero-order valence-corrected chi connectivity index (χ0v) is 15.6. The minimum absolute atomic E-state index is 0. The van der Waals surface area contributed by atoms with Crippen molar-refractivity contribution in [3.8, 4) is 0 Å². The molecule has 1 heterocycles. The average Bonchev–Trinajstić information content (AvgIpc) is 2.62. The topological polar surface area (TPSA) is 85.6 Å². The van der Waals surface area contributed by atoms with Crippen molar-refractivity contribution in [1.82, 2.24) is 0 Å². The Labute approximate surface area is 151 Å². The zero-order chi connectivity index (χ0) is 15.0. The van der Waals surface area contributed by atoms with Crippen molar-refractivity contribution in [2.75, 3.05) is 6.61 Å². The Morgan fingerprint density at radius 3 is 2.52 bits per heavy atom. The van der Waals surface area contributed by atoms with Crippen LogP contribution >= 0.6 is 11.6 Å². The van der Waals surface area contributed by atoms with Gasteiger partial charge < -0.3 is 14.6 Å². The van der Waals surface area contributed by atoms with Gasteiger partial charge in [-0.1, -0.05) is 29.8 Å². The fourth-order valence-electron chi connectivity index (χ4n) is 2.08. The van der Waals surface area contributed by atoms with Crippen LogP contribution in [0.3, 0.4) is 0 Å². The number of hydrogen-bond donors (Lipinski definition) is 0. The van der Waals surface area contributed by atoms with E-state index in [0.717, 1.165) is 0 Å². The molecule has 0 radical (unpaired) electrons. The normalized spacial score (nSPS) is 24.6. The van der Waals surface area contributed by atoms with Gasteiger partial charge in [-0.25, -0.2) is 8.42 Å². The van der Waals surface area contributed by atoms with Crippen molar-refractivity contribution >= 4 is 21.9 Å². The molecule has 1 aliphatic rings. The number of rotatable bonds is 4. The standard InChI is InChI=1S/C12H15ClNO5S.Na/c1-12(2)18-10(7-17-20(14,15)16)11(19-12)8-5-3-4-6-9(8)13;/h3-6,10-11H,7H2,1-2H3,(H-,14,15,16);/q-1;+1/t10-,11-;/m0./s1. The van der Waals surface area contributed by atoms with Gasteiger partial charge in [-0.05, 0) is 19.9 Å². The van der Waals surface area contributed by atoms with E-state index in [0.29, 0.717) is 10.6 Å². The molecule has 1 aromatic carbocycles. The summed E-state index contributed by atoms with van der Waals surface area (Å²) in [6, 6.07) is 7.08. The fraction of sp³-hybridized carbons (Fsp3) is 0.500. The second-order valence-electron chi connectivity index (χ2n) is 4.85. The summed E-state index contributed by atoms with van der Waals surface area (Å²) < 4.78 is 37.4. The first-order valence-corrected chi connectivity index (χ1v) is 7.71. The molecule has 0 unspecified atom stereocenters. The summed E-state index contributed by atoms with van der Waals surface area (Å²) >= 11 is 6.12. The van der Waals surface area contributed by atoms with Crippen LogP contribution in [0.1, 0.15) is 25.5 Å². The summed E-state index contributed by atoms with van der Waals surface area (Å²) in [5.74, 6) is -0.885. The summed E-state index contributed by atoms with van der Waals surface area (Å²) in [6.45, 7) is 3.13. The molecule has 0 spiro atoms. The van der Waals surface area contributed by atoms with Crippen LogP contribution in [0.4, 0.5) is 0 Å². The van der Waals surface area contributed by atoms with E-state index < -0.39 is 28.3 Å². The van der Waals surface area contributed by atoms with Crippen molar-refractivity contribution in [3.63, 3.8) is 0 Å². The molecule has 9 heteroatoms. The molecule has 0 amide bonds. The molecule has 1 fully saturated rings. The van der Waals surface area contributed by atoms with Gasteiger partial charge in [-0.15, -0.1) is 0 Å². The molecular formula is C12H15ClNNaO5S. The number of hydrogen-bond acceptors (Lipinski definition) is 5. The molecule has 0 bridgehead atoms. The maximum absolute atomic E-state index is 10.8. The summed E-state index contributed by atoms with van der Waals surface area (Å²) in [7, 11) is -4.28. The minimum Gasteiger partial charge on any atom is -0.540 e. The van der Waals surface area contributed by atoms with Crippen molar-refractivity contribution in [3.05, 3.63) is 40.0 Å². The van der Waals surface area contributed by atoms with Crippen LogP contribution in [0.2, 0.25) is 5.02 Å². The molecule has 112 valence electrons. The van der Waals surface area contributed by atoms with Crippen molar-refractivity contribution < 1.29 is 51.6 Å². The van der Waals surface area contributed by atoms with Crippen LogP contribution in [-0.2, 0) is 24.0 Å². The third-order valence-corrected chi connectivity index (χ3v) is 3.57. The van der Waals surface area contributed by atoms with Crippen LogP contribution < -0.4 is 29.6 Å². The van der Waals surface area contributed by atoms with Crippen LogP contribution in [0.15, 0.2) is 24.3 Å². The molecule has 21 heavy (non-hydrogen) atoms. The smallest absolute Gasteiger partial charge is 0.540 e. The minimum atomic E-state index is -4.28. The Bertz CT molecular complexity index is 595. The maximum atomic E-state index is 10.8. The third-order valence-electron chi connectivity index (χ3n) is 2.78. The van der Waals surface area contributed by atoms with Gasteiger partial charge in [0.25, 0.3) is 0 Å².